The summed E-state index contributed by atoms with van der Waals surface area (Å²) in [5.41, 5.74) is 0. The summed E-state index contributed by atoms with van der Waals surface area (Å²) in [7, 11) is 1.19. The summed E-state index contributed by atoms with van der Waals surface area (Å²) in [6, 6.07) is 3.19. The fourth-order valence-electron chi connectivity index (χ4n) is 1.32. The van der Waals surface area contributed by atoms with E-state index in [-0.39, 0.29) is 12.4 Å². The maximum atomic E-state index is 13.4. The highest BCUT2D eigenvalue weighted by Crippen LogP contribution is 2.22. The molecule has 0 bridgehead atoms. The first-order valence-electron chi connectivity index (χ1n) is 5.37. The first-order chi connectivity index (χ1) is 8.93. The maximum Gasteiger partial charge on any atom is 0.331 e. The molecule has 0 saturated heterocycles. The van der Waals surface area contributed by atoms with Crippen molar-refractivity contribution in [2.75, 3.05) is 13.7 Å². The van der Waals surface area contributed by atoms with Gasteiger partial charge in [0, 0.05) is 11.4 Å². The van der Waals surface area contributed by atoms with E-state index in [0.717, 1.165) is 0 Å². The van der Waals surface area contributed by atoms with Crippen molar-refractivity contribution in [2.24, 2.45) is 0 Å². The number of amides is 1. The molecule has 0 heterocycles. The second-order valence-electron chi connectivity index (χ2n) is 3.66. The molecule has 1 aromatic rings. The highest BCUT2D eigenvalue weighted by molar-refractivity contribution is 9.10. The summed E-state index contributed by atoms with van der Waals surface area (Å²) in [5.74, 6) is -1.65. The van der Waals surface area contributed by atoms with Crippen LogP contribution in [0.4, 0.5) is 4.39 Å². The minimum absolute atomic E-state index is 0.0198. The van der Waals surface area contributed by atoms with Crippen molar-refractivity contribution in [3.63, 3.8) is 0 Å². The third-order valence-electron chi connectivity index (χ3n) is 2.16. The summed E-state index contributed by atoms with van der Waals surface area (Å²) < 4.78 is 23.8. The zero-order valence-electron chi connectivity index (χ0n) is 10.4. The lowest BCUT2D eigenvalue weighted by Gasteiger charge is -2.16. The Balaban J connectivity index is 2.72. The lowest BCUT2D eigenvalue weighted by molar-refractivity contribution is -0.145. The van der Waals surface area contributed by atoms with Crippen LogP contribution in [0, 0.1) is 5.82 Å². The van der Waals surface area contributed by atoms with E-state index in [9.17, 15) is 14.0 Å². The van der Waals surface area contributed by atoms with Crippen LogP contribution in [0.2, 0.25) is 0 Å². The Kier molecular flexibility index (Phi) is 5.75. The molecule has 1 amide bonds. The van der Waals surface area contributed by atoms with Gasteiger partial charge in [-0.1, -0.05) is 15.9 Å². The molecule has 0 aliphatic carbocycles. The molecular formula is C12H13BrFNO4. The average Bonchev–Trinajstić information content (AvgIpc) is 2.36. The number of hydrogen-bond acceptors (Lipinski definition) is 4. The number of halogens is 2. The highest BCUT2D eigenvalue weighted by Gasteiger charge is 2.21. The van der Waals surface area contributed by atoms with Gasteiger partial charge in [0.2, 0.25) is 5.91 Å². The molecule has 1 unspecified atom stereocenters. The van der Waals surface area contributed by atoms with Gasteiger partial charge >= 0.3 is 5.97 Å². The molecule has 0 aromatic heterocycles. The molecule has 19 heavy (non-hydrogen) atoms. The highest BCUT2D eigenvalue weighted by atomic mass is 79.9. The fraction of sp³-hybridized carbons (Fsp3) is 0.333. The minimum atomic E-state index is -0.985. The normalized spacial score (nSPS) is 11.6. The molecule has 0 spiro atoms. The predicted molar refractivity (Wildman–Crippen MR) is 69.2 cm³/mol. The number of rotatable bonds is 5. The van der Waals surface area contributed by atoms with Gasteiger partial charge < -0.3 is 14.8 Å². The smallest absolute Gasteiger partial charge is 0.331 e. The van der Waals surface area contributed by atoms with Crippen LogP contribution in [-0.2, 0) is 14.3 Å². The van der Waals surface area contributed by atoms with Gasteiger partial charge in [0.25, 0.3) is 0 Å². The zero-order valence-corrected chi connectivity index (χ0v) is 12.0. The van der Waals surface area contributed by atoms with E-state index in [2.05, 4.69) is 26.0 Å². The second-order valence-corrected chi connectivity index (χ2v) is 4.58. The van der Waals surface area contributed by atoms with Gasteiger partial charge in [0.15, 0.2) is 17.6 Å². The molecule has 0 aliphatic heterocycles. The van der Waals surface area contributed by atoms with Crippen LogP contribution in [0.15, 0.2) is 22.7 Å². The number of carbonyl (C=O) groups is 2. The Morgan fingerprint density at radius 3 is 2.74 bits per heavy atom. The molecule has 0 aliphatic rings. The monoisotopic (exact) mass is 333 g/mol. The van der Waals surface area contributed by atoms with Crippen LogP contribution < -0.4 is 10.1 Å². The average molecular weight is 334 g/mol. The molecule has 5 nitrogen and oxygen atoms in total. The molecule has 0 fully saturated rings. The van der Waals surface area contributed by atoms with Crippen LogP contribution in [0.5, 0.6) is 5.75 Å². The molecule has 104 valence electrons. The van der Waals surface area contributed by atoms with Crippen LogP contribution in [0.25, 0.3) is 0 Å². The first-order valence-corrected chi connectivity index (χ1v) is 6.16. The predicted octanol–water partition coefficient (Wildman–Crippen LogP) is 1.64. The summed E-state index contributed by atoms with van der Waals surface area (Å²) in [4.78, 5) is 22.4. The van der Waals surface area contributed by atoms with E-state index in [1.807, 2.05) is 0 Å². The van der Waals surface area contributed by atoms with E-state index >= 15 is 0 Å². The van der Waals surface area contributed by atoms with E-state index < -0.39 is 23.7 Å². The van der Waals surface area contributed by atoms with Gasteiger partial charge in [-0.2, -0.15) is 0 Å². The summed E-state index contributed by atoms with van der Waals surface area (Å²) in [6.45, 7) is 1.04. The van der Waals surface area contributed by atoms with E-state index in [4.69, 9.17) is 4.74 Å². The van der Waals surface area contributed by atoms with E-state index in [0.29, 0.717) is 4.47 Å². The zero-order chi connectivity index (χ0) is 14.4. The molecule has 0 saturated carbocycles. The Labute approximate surface area is 118 Å². The van der Waals surface area contributed by atoms with Crippen LogP contribution in [0.3, 0.4) is 0 Å². The fourth-order valence-corrected chi connectivity index (χ4v) is 1.66. The SMILES string of the molecule is COC(=O)C(COc1cc(Br)ccc1F)NC(C)=O. The van der Waals surface area contributed by atoms with Crippen molar-refractivity contribution in [3.8, 4) is 5.75 Å². The molecule has 1 rings (SSSR count). The van der Waals surface area contributed by atoms with Crippen LogP contribution in [0.1, 0.15) is 6.92 Å². The van der Waals surface area contributed by atoms with Crippen molar-refractivity contribution in [3.05, 3.63) is 28.5 Å². The van der Waals surface area contributed by atoms with E-state index in [1.165, 1.54) is 32.2 Å². The van der Waals surface area contributed by atoms with Crippen molar-refractivity contribution < 1.29 is 23.5 Å². The quantitative estimate of drug-likeness (QED) is 0.832. The van der Waals surface area contributed by atoms with Crippen molar-refractivity contribution in [1.82, 2.24) is 5.32 Å². The second kappa shape index (κ2) is 7.08. The third kappa shape index (κ3) is 4.86. The van der Waals surface area contributed by atoms with Gasteiger partial charge in [0.05, 0.1) is 7.11 Å². The van der Waals surface area contributed by atoms with Crippen LogP contribution in [-0.4, -0.2) is 31.6 Å². The Morgan fingerprint density at radius 2 is 2.16 bits per heavy atom. The van der Waals surface area contributed by atoms with Gasteiger partial charge in [-0.3, -0.25) is 4.79 Å². The number of nitrogens with one attached hydrogen (secondary N) is 1. The Bertz CT molecular complexity index is 481. The molecular weight excluding hydrogens is 321 g/mol. The third-order valence-corrected chi connectivity index (χ3v) is 2.66. The first kappa shape index (κ1) is 15.4. The number of esters is 1. The van der Waals surface area contributed by atoms with Crippen molar-refractivity contribution >= 4 is 27.8 Å². The standard InChI is InChI=1S/C12H13BrFNO4/c1-7(16)15-10(12(17)18-2)6-19-11-5-8(13)3-4-9(11)14/h3-5,10H,6H2,1-2H3,(H,15,16). The number of benzene rings is 1. The van der Waals surface area contributed by atoms with E-state index in [1.54, 1.807) is 0 Å². The summed E-state index contributed by atoms with van der Waals surface area (Å²) in [5, 5.41) is 2.36. The van der Waals surface area contributed by atoms with Gasteiger partial charge in [-0.05, 0) is 18.2 Å². The van der Waals surface area contributed by atoms with Crippen molar-refractivity contribution in [1.29, 1.82) is 0 Å². The lowest BCUT2D eigenvalue weighted by Crippen LogP contribution is -2.44. The molecule has 0 radical (unpaired) electrons. The Hall–Kier alpha value is -1.63. The number of ether oxygens (including phenoxy) is 2. The molecule has 1 atom stereocenters. The summed E-state index contributed by atoms with van der Waals surface area (Å²) in [6.07, 6.45) is 0. The molecule has 7 heteroatoms. The van der Waals surface area contributed by atoms with Gasteiger partial charge in [0.1, 0.15) is 6.61 Å². The van der Waals surface area contributed by atoms with Gasteiger partial charge in [-0.25, -0.2) is 9.18 Å². The summed E-state index contributed by atoms with van der Waals surface area (Å²) >= 11 is 3.18. The molecule has 1 aromatic carbocycles. The number of hydrogen-bond donors (Lipinski definition) is 1. The Morgan fingerprint density at radius 1 is 1.47 bits per heavy atom. The minimum Gasteiger partial charge on any atom is -0.488 e. The molecule has 1 N–H and O–H groups in total. The largest absolute Gasteiger partial charge is 0.488 e. The van der Waals surface area contributed by atoms with Crippen molar-refractivity contribution in [2.45, 2.75) is 13.0 Å². The van der Waals surface area contributed by atoms with Gasteiger partial charge in [-0.15, -0.1) is 0 Å². The number of methoxy groups -OCH3 is 1. The maximum absolute atomic E-state index is 13.4. The van der Waals surface area contributed by atoms with Crippen LogP contribution >= 0.6 is 15.9 Å². The number of carbonyl (C=O) groups excluding carboxylic acids is 2. The lowest BCUT2D eigenvalue weighted by atomic mass is 10.3. The topological polar surface area (TPSA) is 64.6 Å².